The second-order valence-corrected chi connectivity index (χ2v) is 3.62. The van der Waals surface area contributed by atoms with Gasteiger partial charge in [0.2, 0.25) is 0 Å². The quantitative estimate of drug-likeness (QED) is 0.810. The van der Waals surface area contributed by atoms with E-state index in [2.05, 4.69) is 9.97 Å². The minimum absolute atomic E-state index is 0.0954. The van der Waals surface area contributed by atoms with Crippen molar-refractivity contribution < 1.29 is 9.90 Å². The Hall–Kier alpha value is -1.88. The van der Waals surface area contributed by atoms with Crippen molar-refractivity contribution in [1.82, 2.24) is 14.5 Å². The van der Waals surface area contributed by atoms with Gasteiger partial charge in [-0.2, -0.15) is 0 Å². The fourth-order valence-electron chi connectivity index (χ4n) is 1.35. The van der Waals surface area contributed by atoms with Crippen LogP contribution in [0.2, 0.25) is 5.15 Å². The Labute approximate surface area is 96.3 Å². The van der Waals surface area contributed by atoms with E-state index in [4.69, 9.17) is 16.7 Å². The maximum absolute atomic E-state index is 10.8. The Morgan fingerprint density at radius 2 is 2.25 bits per heavy atom. The van der Waals surface area contributed by atoms with Gasteiger partial charge < -0.3 is 9.67 Å². The number of carboxylic acid groups (broad SMARTS) is 1. The number of aromatic carboxylic acids is 1. The van der Waals surface area contributed by atoms with Crippen LogP contribution in [-0.4, -0.2) is 25.6 Å². The topological polar surface area (TPSA) is 68.0 Å². The smallest absolute Gasteiger partial charge is 0.335 e. The van der Waals surface area contributed by atoms with Crippen LogP contribution in [0.4, 0.5) is 0 Å². The zero-order valence-electron chi connectivity index (χ0n) is 8.38. The summed E-state index contributed by atoms with van der Waals surface area (Å²) in [6.07, 6.45) is 3.36. The molecule has 1 N–H and O–H groups in total. The molecular weight excluding hydrogens is 230 g/mol. The second-order valence-electron chi connectivity index (χ2n) is 3.23. The molecule has 5 nitrogen and oxygen atoms in total. The molecular formula is C10H8ClN3O2. The normalized spacial score (nSPS) is 10.4. The zero-order valence-corrected chi connectivity index (χ0v) is 9.14. The van der Waals surface area contributed by atoms with Gasteiger partial charge in [0.25, 0.3) is 0 Å². The third-order valence-electron chi connectivity index (χ3n) is 2.09. The molecule has 0 unspecified atom stereocenters. The number of aromatic nitrogens is 3. The number of carbonyl (C=O) groups is 1. The van der Waals surface area contributed by atoms with E-state index in [0.717, 1.165) is 0 Å². The summed E-state index contributed by atoms with van der Waals surface area (Å²) in [5.41, 5.74) is 0.537. The van der Waals surface area contributed by atoms with Gasteiger partial charge in [-0.15, -0.1) is 0 Å². The van der Waals surface area contributed by atoms with Crippen molar-refractivity contribution in [2.24, 2.45) is 7.05 Å². The van der Waals surface area contributed by atoms with Crippen LogP contribution in [0.1, 0.15) is 10.4 Å². The second kappa shape index (κ2) is 3.94. The molecule has 0 saturated heterocycles. The first-order valence-electron chi connectivity index (χ1n) is 4.46. The fraction of sp³-hybridized carbons (Fsp3) is 0.100. The van der Waals surface area contributed by atoms with Gasteiger partial charge in [-0.05, 0) is 12.1 Å². The maximum atomic E-state index is 10.8. The molecule has 0 radical (unpaired) electrons. The van der Waals surface area contributed by atoms with Crippen LogP contribution in [0, 0.1) is 0 Å². The third kappa shape index (κ3) is 1.90. The van der Waals surface area contributed by atoms with Gasteiger partial charge in [0.05, 0.1) is 5.56 Å². The average molecular weight is 238 g/mol. The van der Waals surface area contributed by atoms with Gasteiger partial charge in [0.1, 0.15) is 10.8 Å². The molecule has 2 aromatic rings. The average Bonchev–Trinajstić information content (AvgIpc) is 2.63. The highest BCUT2D eigenvalue weighted by atomic mass is 35.5. The Balaban J connectivity index is 2.58. The Kier molecular flexibility index (Phi) is 2.62. The van der Waals surface area contributed by atoms with E-state index in [1.54, 1.807) is 24.0 Å². The molecule has 16 heavy (non-hydrogen) atoms. The van der Waals surface area contributed by atoms with Crippen LogP contribution < -0.4 is 0 Å². The molecule has 0 spiro atoms. The maximum Gasteiger partial charge on any atom is 0.335 e. The van der Waals surface area contributed by atoms with E-state index in [1.807, 2.05) is 0 Å². The molecule has 0 fully saturated rings. The lowest BCUT2D eigenvalue weighted by atomic mass is 10.2. The van der Waals surface area contributed by atoms with E-state index < -0.39 is 5.97 Å². The van der Waals surface area contributed by atoms with Crippen LogP contribution in [0.15, 0.2) is 24.5 Å². The molecule has 0 aromatic carbocycles. The highest BCUT2D eigenvalue weighted by Gasteiger charge is 2.11. The van der Waals surface area contributed by atoms with E-state index in [0.29, 0.717) is 11.5 Å². The number of hydrogen-bond acceptors (Lipinski definition) is 3. The minimum Gasteiger partial charge on any atom is -0.478 e. The molecule has 0 aliphatic carbocycles. The highest BCUT2D eigenvalue weighted by Crippen LogP contribution is 2.19. The van der Waals surface area contributed by atoms with Crippen LogP contribution in [0.3, 0.4) is 0 Å². The lowest BCUT2D eigenvalue weighted by molar-refractivity contribution is 0.0697. The summed E-state index contributed by atoms with van der Waals surface area (Å²) >= 11 is 5.75. The van der Waals surface area contributed by atoms with Crippen molar-refractivity contribution in [2.45, 2.75) is 0 Å². The molecule has 0 aliphatic heterocycles. The van der Waals surface area contributed by atoms with Crippen LogP contribution in [-0.2, 0) is 7.05 Å². The van der Waals surface area contributed by atoms with E-state index in [-0.39, 0.29) is 10.7 Å². The molecule has 0 bridgehead atoms. The van der Waals surface area contributed by atoms with E-state index >= 15 is 0 Å². The standard InChI is InChI=1S/C10H8ClN3O2/c1-14-3-2-12-9(14)7-4-6(10(15)16)5-8(11)13-7/h2-5H,1H3,(H,15,16). The summed E-state index contributed by atoms with van der Waals surface area (Å²) in [4.78, 5) is 19.0. The molecule has 2 heterocycles. The Morgan fingerprint density at radius 1 is 1.50 bits per heavy atom. The fourth-order valence-corrected chi connectivity index (χ4v) is 1.56. The molecule has 0 saturated carbocycles. The SMILES string of the molecule is Cn1ccnc1-c1cc(C(=O)O)cc(Cl)n1. The molecule has 6 heteroatoms. The van der Waals surface area contributed by atoms with Gasteiger partial charge in [-0.25, -0.2) is 14.8 Å². The van der Waals surface area contributed by atoms with Crippen LogP contribution in [0.25, 0.3) is 11.5 Å². The first-order valence-corrected chi connectivity index (χ1v) is 4.84. The summed E-state index contributed by atoms with van der Waals surface area (Å²) in [5.74, 6) is -0.468. The number of halogens is 1. The number of rotatable bonds is 2. The van der Waals surface area contributed by atoms with Crippen molar-refractivity contribution >= 4 is 17.6 Å². The monoisotopic (exact) mass is 237 g/mol. The predicted molar refractivity (Wildman–Crippen MR) is 58.4 cm³/mol. The van der Waals surface area contributed by atoms with Gasteiger partial charge in [-0.1, -0.05) is 11.6 Å². The number of imidazole rings is 1. The summed E-state index contributed by atoms with van der Waals surface area (Å²) in [7, 11) is 1.80. The van der Waals surface area contributed by atoms with E-state index in [1.165, 1.54) is 12.1 Å². The largest absolute Gasteiger partial charge is 0.478 e. The number of aryl methyl sites for hydroxylation is 1. The molecule has 2 aromatic heterocycles. The molecule has 0 aliphatic rings. The summed E-state index contributed by atoms with van der Waals surface area (Å²) in [6, 6.07) is 2.74. The summed E-state index contributed by atoms with van der Waals surface area (Å²) < 4.78 is 1.74. The highest BCUT2D eigenvalue weighted by molar-refractivity contribution is 6.29. The van der Waals surface area contributed by atoms with Gasteiger partial charge in [0.15, 0.2) is 5.82 Å². The van der Waals surface area contributed by atoms with Crippen molar-refractivity contribution in [3.8, 4) is 11.5 Å². The number of carboxylic acids is 1. The van der Waals surface area contributed by atoms with Gasteiger partial charge in [0, 0.05) is 19.4 Å². The number of hydrogen-bond donors (Lipinski definition) is 1. The summed E-state index contributed by atoms with van der Waals surface area (Å²) in [5, 5.41) is 9.02. The number of nitrogens with zero attached hydrogens (tertiary/aromatic N) is 3. The molecule has 0 amide bonds. The first kappa shape index (κ1) is 10.6. The lowest BCUT2D eigenvalue weighted by Gasteiger charge is -2.03. The lowest BCUT2D eigenvalue weighted by Crippen LogP contribution is -2.00. The molecule has 0 atom stereocenters. The molecule has 2 rings (SSSR count). The van der Waals surface area contributed by atoms with Crippen molar-refractivity contribution in [3.05, 3.63) is 35.2 Å². The van der Waals surface area contributed by atoms with Gasteiger partial charge in [-0.3, -0.25) is 0 Å². The van der Waals surface area contributed by atoms with Crippen molar-refractivity contribution in [3.63, 3.8) is 0 Å². The third-order valence-corrected chi connectivity index (χ3v) is 2.28. The molecule has 82 valence electrons. The first-order chi connectivity index (χ1) is 7.58. The van der Waals surface area contributed by atoms with Crippen molar-refractivity contribution in [2.75, 3.05) is 0 Å². The van der Waals surface area contributed by atoms with Gasteiger partial charge >= 0.3 is 5.97 Å². The number of pyridine rings is 1. The van der Waals surface area contributed by atoms with E-state index in [9.17, 15) is 4.79 Å². The van der Waals surface area contributed by atoms with Crippen LogP contribution >= 0.6 is 11.6 Å². The Bertz CT molecular complexity index is 551. The van der Waals surface area contributed by atoms with Crippen LogP contribution in [0.5, 0.6) is 0 Å². The zero-order chi connectivity index (χ0) is 11.7. The Morgan fingerprint density at radius 3 is 2.81 bits per heavy atom. The minimum atomic E-state index is -1.04. The predicted octanol–water partition coefficient (Wildman–Crippen LogP) is 1.83. The van der Waals surface area contributed by atoms with Crippen molar-refractivity contribution in [1.29, 1.82) is 0 Å². The summed E-state index contributed by atoms with van der Waals surface area (Å²) in [6.45, 7) is 0.